The Morgan fingerprint density at radius 3 is 2.69 bits per heavy atom. The number of thioether (sulfide) groups is 1. The number of esters is 1. The average Bonchev–Trinajstić information content (AvgIpc) is 3.12. The Morgan fingerprint density at radius 1 is 1.35 bits per heavy atom. The van der Waals surface area contributed by atoms with Crippen LogP contribution >= 0.6 is 11.8 Å². The van der Waals surface area contributed by atoms with Crippen LogP contribution in [-0.4, -0.2) is 47.1 Å². The number of amides is 4. The predicted molar refractivity (Wildman–Crippen MR) is 89.1 cm³/mol. The fourth-order valence-corrected chi connectivity index (χ4v) is 4.87. The molecule has 26 heavy (non-hydrogen) atoms. The molecule has 0 spiro atoms. The Morgan fingerprint density at radius 2 is 2.04 bits per heavy atom. The van der Waals surface area contributed by atoms with Gasteiger partial charge in [-0.25, -0.2) is 14.0 Å². The zero-order valence-electron chi connectivity index (χ0n) is 13.6. The summed E-state index contributed by atoms with van der Waals surface area (Å²) < 4.78 is 18.2. The van der Waals surface area contributed by atoms with Crippen LogP contribution in [0.4, 0.5) is 9.18 Å². The Balaban J connectivity index is 1.75. The molecule has 2 atom stereocenters. The number of halogens is 1. The summed E-state index contributed by atoms with van der Waals surface area (Å²) in [4.78, 5) is 47.4. The molecule has 8 nitrogen and oxygen atoms in total. The van der Waals surface area contributed by atoms with E-state index in [0.717, 1.165) is 5.56 Å². The zero-order valence-corrected chi connectivity index (χ0v) is 14.4. The number of fused-ring (bicyclic) bond motifs is 1. The quantitative estimate of drug-likeness (QED) is 0.731. The molecule has 0 radical (unpaired) electrons. The predicted octanol–water partition coefficient (Wildman–Crippen LogP) is 0.454. The number of imide groups is 1. The number of hydrogen-bond donors (Lipinski definition) is 2. The van der Waals surface area contributed by atoms with Crippen molar-refractivity contribution in [3.8, 4) is 0 Å². The molecule has 1 aromatic rings. The normalized spacial score (nSPS) is 24.3. The molecule has 4 amide bonds. The van der Waals surface area contributed by atoms with Gasteiger partial charge in [0, 0.05) is 12.2 Å². The third-order valence-corrected chi connectivity index (χ3v) is 5.90. The summed E-state index contributed by atoms with van der Waals surface area (Å²) in [6.45, 7) is -0.672. The van der Waals surface area contributed by atoms with Crippen molar-refractivity contribution in [3.63, 3.8) is 0 Å². The number of nitrogens with one attached hydrogen (secondary N) is 1. The smallest absolute Gasteiger partial charge is 0.330 e. The summed E-state index contributed by atoms with van der Waals surface area (Å²) >= 11 is 1.41. The van der Waals surface area contributed by atoms with E-state index in [1.54, 1.807) is 17.4 Å². The third kappa shape index (κ3) is 3.24. The lowest BCUT2D eigenvalue weighted by Gasteiger charge is -2.33. The molecule has 0 saturated carbocycles. The van der Waals surface area contributed by atoms with Crippen molar-refractivity contribution >= 4 is 35.6 Å². The first-order valence-electron chi connectivity index (χ1n) is 7.81. The number of benzene rings is 1. The maximum atomic E-state index is 13.2. The van der Waals surface area contributed by atoms with Crippen LogP contribution < -0.4 is 11.1 Å². The van der Waals surface area contributed by atoms with Gasteiger partial charge >= 0.3 is 12.0 Å². The lowest BCUT2D eigenvalue weighted by Crippen LogP contribution is -2.47. The molecule has 10 heteroatoms. The second-order valence-corrected chi connectivity index (χ2v) is 7.20. The van der Waals surface area contributed by atoms with Crippen LogP contribution in [0.15, 0.2) is 24.3 Å². The molecule has 2 aliphatic rings. The summed E-state index contributed by atoms with van der Waals surface area (Å²) in [6, 6.07) is 3.91. The minimum absolute atomic E-state index is 0.206. The van der Waals surface area contributed by atoms with Crippen LogP contribution in [-0.2, 0) is 24.0 Å². The Hall–Kier alpha value is -2.62. The number of primary amides is 1. The standard InChI is InChI=1S/C16H16FN3O5S/c17-10-3-1-9(2-4-10)16-6-5-13(22)20(16)11(8-26-16)14(23)25-7-12(21)19-15(18)24/h1-4,11H,5-8H2,(H3,18,19,21,24)/t11-,16+/m1/s1. The number of nitrogens with two attached hydrogens (primary N) is 1. The van der Waals surface area contributed by atoms with Gasteiger partial charge in [-0.2, -0.15) is 0 Å². The average molecular weight is 381 g/mol. The van der Waals surface area contributed by atoms with Crippen molar-refractivity contribution in [3.05, 3.63) is 35.6 Å². The van der Waals surface area contributed by atoms with Crippen LogP contribution in [0.25, 0.3) is 0 Å². The van der Waals surface area contributed by atoms with Gasteiger partial charge in [0.1, 0.15) is 16.7 Å². The number of carbonyl (C=O) groups is 4. The van der Waals surface area contributed by atoms with E-state index >= 15 is 0 Å². The van der Waals surface area contributed by atoms with Gasteiger partial charge in [-0.1, -0.05) is 12.1 Å². The number of urea groups is 1. The van der Waals surface area contributed by atoms with Gasteiger partial charge in [-0.05, 0) is 24.1 Å². The molecular formula is C16H16FN3O5S. The second-order valence-electron chi connectivity index (χ2n) is 5.90. The Kier molecular flexibility index (Phi) is 4.86. The van der Waals surface area contributed by atoms with Gasteiger partial charge in [0.2, 0.25) is 5.91 Å². The molecule has 2 aliphatic heterocycles. The summed E-state index contributed by atoms with van der Waals surface area (Å²) in [7, 11) is 0. The van der Waals surface area contributed by atoms with E-state index < -0.39 is 35.4 Å². The first kappa shape index (κ1) is 18.2. The topological polar surface area (TPSA) is 119 Å². The minimum atomic E-state index is -1.05. The first-order valence-corrected chi connectivity index (χ1v) is 8.80. The maximum Gasteiger partial charge on any atom is 0.330 e. The Labute approximate surface area is 152 Å². The highest BCUT2D eigenvalue weighted by Crippen LogP contribution is 2.54. The molecule has 2 heterocycles. The molecule has 0 unspecified atom stereocenters. The van der Waals surface area contributed by atoms with E-state index in [-0.39, 0.29) is 18.1 Å². The lowest BCUT2D eigenvalue weighted by atomic mass is 10.0. The highest BCUT2D eigenvalue weighted by Gasteiger charge is 2.57. The van der Waals surface area contributed by atoms with E-state index in [0.29, 0.717) is 12.2 Å². The van der Waals surface area contributed by atoms with Gasteiger partial charge in [0.25, 0.3) is 5.91 Å². The maximum absolute atomic E-state index is 13.2. The fraction of sp³-hybridized carbons (Fsp3) is 0.375. The molecule has 3 rings (SSSR count). The SMILES string of the molecule is NC(=O)NC(=O)COC(=O)[C@H]1CS[C@]2(c3ccc(F)cc3)CCC(=O)N12. The molecule has 3 N–H and O–H groups in total. The van der Waals surface area contributed by atoms with E-state index in [1.165, 1.54) is 28.8 Å². The van der Waals surface area contributed by atoms with E-state index in [9.17, 15) is 23.6 Å². The monoisotopic (exact) mass is 381 g/mol. The highest BCUT2D eigenvalue weighted by molar-refractivity contribution is 8.00. The summed E-state index contributed by atoms with van der Waals surface area (Å²) in [5.41, 5.74) is 5.54. The third-order valence-electron chi connectivity index (χ3n) is 4.30. The van der Waals surface area contributed by atoms with Gasteiger partial charge < -0.3 is 15.4 Å². The van der Waals surface area contributed by atoms with E-state index in [2.05, 4.69) is 0 Å². The Bertz CT molecular complexity index is 772. The molecule has 1 aromatic carbocycles. The van der Waals surface area contributed by atoms with Gasteiger partial charge in [-0.15, -0.1) is 11.8 Å². The van der Waals surface area contributed by atoms with E-state index in [1.807, 2.05) is 0 Å². The van der Waals surface area contributed by atoms with Crippen molar-refractivity contribution < 1.29 is 28.3 Å². The van der Waals surface area contributed by atoms with Crippen LogP contribution in [0, 0.1) is 5.82 Å². The lowest BCUT2D eigenvalue weighted by molar-refractivity contribution is -0.156. The molecule has 2 fully saturated rings. The van der Waals surface area contributed by atoms with Gasteiger partial charge in [-0.3, -0.25) is 14.9 Å². The van der Waals surface area contributed by atoms with Crippen molar-refractivity contribution in [2.24, 2.45) is 5.73 Å². The minimum Gasteiger partial charge on any atom is -0.454 e. The first-order chi connectivity index (χ1) is 12.3. The van der Waals surface area contributed by atoms with E-state index in [4.69, 9.17) is 10.5 Å². The van der Waals surface area contributed by atoms with Crippen molar-refractivity contribution in [2.75, 3.05) is 12.4 Å². The van der Waals surface area contributed by atoms with Crippen LogP contribution in [0.2, 0.25) is 0 Å². The summed E-state index contributed by atoms with van der Waals surface area (Å²) in [5, 5.41) is 1.78. The number of carbonyl (C=O) groups excluding carboxylic acids is 4. The summed E-state index contributed by atoms with van der Waals surface area (Å²) in [6.07, 6.45) is 0.754. The van der Waals surface area contributed by atoms with Crippen LogP contribution in [0.5, 0.6) is 0 Å². The van der Waals surface area contributed by atoms with Crippen molar-refractivity contribution in [1.29, 1.82) is 0 Å². The van der Waals surface area contributed by atoms with Crippen molar-refractivity contribution in [2.45, 2.75) is 23.8 Å². The largest absolute Gasteiger partial charge is 0.454 e. The highest BCUT2D eigenvalue weighted by atomic mass is 32.2. The van der Waals surface area contributed by atoms with Crippen LogP contribution in [0.1, 0.15) is 18.4 Å². The fourth-order valence-electron chi connectivity index (χ4n) is 3.23. The molecule has 138 valence electrons. The zero-order chi connectivity index (χ0) is 18.9. The molecular weight excluding hydrogens is 365 g/mol. The van der Waals surface area contributed by atoms with Crippen molar-refractivity contribution in [1.82, 2.24) is 10.2 Å². The summed E-state index contributed by atoms with van der Waals surface area (Å²) in [5.74, 6) is -1.90. The van der Waals surface area contributed by atoms with Crippen LogP contribution in [0.3, 0.4) is 0 Å². The molecule has 0 bridgehead atoms. The molecule has 2 saturated heterocycles. The number of hydrogen-bond acceptors (Lipinski definition) is 6. The number of rotatable bonds is 4. The van der Waals surface area contributed by atoms with Gasteiger partial charge in [0.15, 0.2) is 6.61 Å². The number of nitrogens with zero attached hydrogens (tertiary/aromatic N) is 1. The van der Waals surface area contributed by atoms with Gasteiger partial charge in [0.05, 0.1) is 0 Å². The molecule has 0 aromatic heterocycles. The number of ether oxygens (including phenoxy) is 1. The second kappa shape index (κ2) is 6.94. The molecule has 0 aliphatic carbocycles.